The summed E-state index contributed by atoms with van der Waals surface area (Å²) in [6.07, 6.45) is 8.96. The van der Waals surface area contributed by atoms with Gasteiger partial charge in [-0.15, -0.1) is 12.6 Å². The Morgan fingerprint density at radius 2 is 1.91 bits per heavy atom. The second-order valence-electron chi connectivity index (χ2n) is 7.34. The molecular weight excluding hydrogens is 436 g/mol. The van der Waals surface area contributed by atoms with Crippen LogP contribution in [0.5, 0.6) is 0 Å². The number of aromatic nitrogens is 3. The molecule has 3 heterocycles. The van der Waals surface area contributed by atoms with Crippen LogP contribution in [-0.4, -0.2) is 54.1 Å². The van der Waals surface area contributed by atoms with Gasteiger partial charge < -0.3 is 20.2 Å². The minimum Gasteiger partial charge on any atom is -0.378 e. The highest BCUT2D eigenvalue weighted by Crippen LogP contribution is 2.30. The molecule has 1 aromatic carbocycles. The maximum atomic E-state index is 5.75. The van der Waals surface area contributed by atoms with Gasteiger partial charge in [-0.1, -0.05) is 30.3 Å². The quantitative estimate of drug-likeness (QED) is 0.174. The lowest BCUT2D eigenvalue weighted by Crippen LogP contribution is -2.37. The van der Waals surface area contributed by atoms with Crippen LogP contribution >= 0.6 is 12.6 Å². The first-order valence-electron chi connectivity index (χ1n) is 10.7. The molecule has 9 heteroatoms. The predicted molar refractivity (Wildman–Crippen MR) is 132 cm³/mol. The zero-order valence-electron chi connectivity index (χ0n) is 18.2. The second kappa shape index (κ2) is 11.6. The number of anilines is 1. The van der Waals surface area contributed by atoms with Crippen molar-refractivity contribution in [2.45, 2.75) is 11.5 Å². The minimum atomic E-state index is 0.443. The largest absolute Gasteiger partial charge is 0.378 e. The van der Waals surface area contributed by atoms with Gasteiger partial charge in [0.15, 0.2) is 5.82 Å². The number of rotatable bonds is 8. The van der Waals surface area contributed by atoms with Gasteiger partial charge in [0.1, 0.15) is 5.82 Å². The summed E-state index contributed by atoms with van der Waals surface area (Å²) in [4.78, 5) is 16.6. The number of thiol groups is 1. The van der Waals surface area contributed by atoms with Gasteiger partial charge in [0.2, 0.25) is 0 Å². The summed E-state index contributed by atoms with van der Waals surface area (Å²) < 4.78 is 11.3. The first-order valence-corrected chi connectivity index (χ1v) is 11.1. The van der Waals surface area contributed by atoms with Gasteiger partial charge >= 0.3 is 0 Å². The molecule has 0 atom stereocenters. The number of nitrogens with two attached hydrogens (primary N) is 1. The number of hydrazone groups is 1. The molecule has 0 unspecified atom stereocenters. The topological polar surface area (TPSA) is 98.8 Å². The van der Waals surface area contributed by atoms with E-state index < -0.39 is 0 Å². The molecule has 1 aliphatic heterocycles. The van der Waals surface area contributed by atoms with E-state index >= 15 is 0 Å². The third-order valence-corrected chi connectivity index (χ3v) is 5.56. The lowest BCUT2D eigenvalue weighted by Gasteiger charge is -2.29. The molecule has 8 nitrogen and oxygen atoms in total. The van der Waals surface area contributed by atoms with Crippen LogP contribution in [0.4, 0.5) is 5.82 Å². The summed E-state index contributed by atoms with van der Waals surface area (Å²) in [5, 5.41) is 3.68. The standard InChI is InChI=1S/C24H26N6O2S/c25-27-16-19-4-1-2-5-20(19)23-28-21(6-3-13-32-17-18-7-9-26-10-8-18)22(33)24(29-23)30-11-14-31-15-12-30/h1-10,16,33H,11-15,17,25H2/b6-3+,27-16-. The van der Waals surface area contributed by atoms with Crippen molar-refractivity contribution in [3.8, 4) is 11.4 Å². The molecule has 1 aliphatic rings. The number of benzene rings is 1. The number of ether oxygens (including phenoxy) is 2. The zero-order chi connectivity index (χ0) is 22.9. The molecule has 1 saturated heterocycles. The summed E-state index contributed by atoms with van der Waals surface area (Å²) in [5.74, 6) is 6.78. The fourth-order valence-corrected chi connectivity index (χ4v) is 3.79. The Hall–Kier alpha value is -3.27. The molecule has 0 amide bonds. The third kappa shape index (κ3) is 5.95. The Morgan fingerprint density at radius 3 is 2.70 bits per heavy atom. The van der Waals surface area contributed by atoms with Crippen molar-refractivity contribution in [3.63, 3.8) is 0 Å². The maximum Gasteiger partial charge on any atom is 0.162 e. The van der Waals surface area contributed by atoms with E-state index in [-0.39, 0.29) is 0 Å². The van der Waals surface area contributed by atoms with E-state index in [2.05, 4.69) is 15.0 Å². The Balaban J connectivity index is 1.62. The van der Waals surface area contributed by atoms with Crippen LogP contribution in [0.3, 0.4) is 0 Å². The number of morpholine rings is 1. The van der Waals surface area contributed by atoms with Crippen LogP contribution in [0.2, 0.25) is 0 Å². The number of hydrogen-bond donors (Lipinski definition) is 2. The molecule has 0 radical (unpaired) electrons. The molecule has 170 valence electrons. The maximum absolute atomic E-state index is 5.75. The lowest BCUT2D eigenvalue weighted by atomic mass is 10.1. The van der Waals surface area contributed by atoms with E-state index in [4.69, 9.17) is 37.9 Å². The molecule has 0 bridgehead atoms. The van der Waals surface area contributed by atoms with Gasteiger partial charge in [-0.3, -0.25) is 4.98 Å². The smallest absolute Gasteiger partial charge is 0.162 e. The van der Waals surface area contributed by atoms with Crippen molar-refractivity contribution in [2.24, 2.45) is 10.9 Å². The van der Waals surface area contributed by atoms with E-state index in [1.165, 1.54) is 0 Å². The molecule has 1 fully saturated rings. The highest BCUT2D eigenvalue weighted by atomic mass is 32.1. The summed E-state index contributed by atoms with van der Waals surface area (Å²) in [7, 11) is 0. The summed E-state index contributed by atoms with van der Waals surface area (Å²) in [6.45, 7) is 3.74. The van der Waals surface area contributed by atoms with Crippen LogP contribution in [0.15, 0.2) is 64.9 Å². The highest BCUT2D eigenvalue weighted by Gasteiger charge is 2.20. The monoisotopic (exact) mass is 462 g/mol. The summed E-state index contributed by atoms with van der Waals surface area (Å²) in [5.41, 5.74) is 3.48. The Morgan fingerprint density at radius 1 is 1.12 bits per heavy atom. The van der Waals surface area contributed by atoms with Crippen LogP contribution in [0.1, 0.15) is 16.8 Å². The molecule has 0 saturated carbocycles. The van der Waals surface area contributed by atoms with Gasteiger partial charge in [-0.2, -0.15) is 5.10 Å². The van der Waals surface area contributed by atoms with Crippen molar-refractivity contribution < 1.29 is 9.47 Å². The number of nitrogens with zero attached hydrogens (tertiary/aromatic N) is 5. The van der Waals surface area contributed by atoms with Crippen molar-refractivity contribution in [2.75, 3.05) is 37.8 Å². The first-order chi connectivity index (χ1) is 16.3. The van der Waals surface area contributed by atoms with Gasteiger partial charge in [0.05, 0.1) is 43.2 Å². The van der Waals surface area contributed by atoms with Crippen molar-refractivity contribution in [3.05, 3.63) is 71.7 Å². The average molecular weight is 463 g/mol. The fourth-order valence-electron chi connectivity index (χ4n) is 3.47. The van der Waals surface area contributed by atoms with Crippen molar-refractivity contribution in [1.82, 2.24) is 15.0 Å². The van der Waals surface area contributed by atoms with E-state index in [0.29, 0.717) is 32.3 Å². The fraction of sp³-hybridized carbons (Fsp3) is 0.250. The molecule has 2 N–H and O–H groups in total. The van der Waals surface area contributed by atoms with Crippen LogP contribution in [0, 0.1) is 0 Å². The van der Waals surface area contributed by atoms with Gasteiger partial charge in [-0.05, 0) is 23.8 Å². The number of hydrogen-bond acceptors (Lipinski definition) is 9. The predicted octanol–water partition coefficient (Wildman–Crippen LogP) is 3.19. The van der Waals surface area contributed by atoms with E-state index in [1.807, 2.05) is 48.6 Å². The van der Waals surface area contributed by atoms with Gasteiger partial charge in [0.25, 0.3) is 0 Å². The highest BCUT2D eigenvalue weighted by molar-refractivity contribution is 7.80. The second-order valence-corrected chi connectivity index (χ2v) is 7.79. The Kier molecular flexibility index (Phi) is 8.02. The van der Waals surface area contributed by atoms with Crippen LogP contribution < -0.4 is 10.7 Å². The van der Waals surface area contributed by atoms with Crippen molar-refractivity contribution in [1.29, 1.82) is 0 Å². The molecule has 4 rings (SSSR count). The summed E-state index contributed by atoms with van der Waals surface area (Å²) in [6, 6.07) is 11.6. The van der Waals surface area contributed by atoms with E-state index in [9.17, 15) is 0 Å². The zero-order valence-corrected chi connectivity index (χ0v) is 19.1. The molecule has 2 aromatic heterocycles. The molecule has 3 aromatic rings. The van der Waals surface area contributed by atoms with E-state index in [1.54, 1.807) is 18.6 Å². The van der Waals surface area contributed by atoms with Crippen molar-refractivity contribution >= 4 is 30.7 Å². The molecule has 0 spiro atoms. The van der Waals surface area contributed by atoms with Gasteiger partial charge in [0, 0.05) is 36.6 Å². The molecular formula is C24H26N6O2S. The minimum absolute atomic E-state index is 0.443. The molecule has 33 heavy (non-hydrogen) atoms. The van der Waals surface area contributed by atoms with Gasteiger partial charge in [-0.25, -0.2) is 9.97 Å². The lowest BCUT2D eigenvalue weighted by molar-refractivity contribution is 0.122. The van der Waals surface area contributed by atoms with E-state index in [0.717, 1.165) is 46.2 Å². The Bertz CT molecular complexity index is 1120. The molecule has 0 aliphatic carbocycles. The number of pyridine rings is 1. The third-order valence-electron chi connectivity index (χ3n) is 5.13. The summed E-state index contributed by atoms with van der Waals surface area (Å²) >= 11 is 4.78. The van der Waals surface area contributed by atoms with Crippen LogP contribution in [-0.2, 0) is 16.1 Å². The first kappa shape index (κ1) is 22.9. The SMILES string of the molecule is N/N=C\c1ccccc1-c1nc(/C=C/COCc2ccncc2)c(S)c(N2CCOCC2)n1. The Labute approximate surface area is 198 Å². The van der Waals surface area contributed by atoms with Crippen LogP contribution in [0.25, 0.3) is 17.5 Å². The normalized spacial score (nSPS) is 14.4. The average Bonchev–Trinajstić information content (AvgIpc) is 2.86.